The third-order valence-electron chi connectivity index (χ3n) is 14.0. The molecular weight excluding hydrogens is 809 g/mol. The molecule has 0 aliphatic heterocycles. The van der Waals surface area contributed by atoms with Crippen molar-refractivity contribution in [2.75, 3.05) is 4.90 Å². The second kappa shape index (κ2) is 16.2. The second-order valence-corrected chi connectivity index (χ2v) is 18.0. The number of aromatic nitrogens is 1. The zero-order valence-corrected chi connectivity index (χ0v) is 37.1. The average molecular weight is 855 g/mol. The summed E-state index contributed by atoms with van der Waals surface area (Å²) >= 11 is 0. The van der Waals surface area contributed by atoms with Gasteiger partial charge >= 0.3 is 0 Å². The maximum Gasteiger partial charge on any atom is 0.0625 e. The summed E-state index contributed by atoms with van der Waals surface area (Å²) in [5.41, 5.74) is 15.8. The molecule has 1 aliphatic carbocycles. The van der Waals surface area contributed by atoms with Crippen LogP contribution in [-0.2, 0) is 6.42 Å². The molecule has 1 heterocycles. The average Bonchev–Trinajstić information content (AvgIpc) is 3.75. The summed E-state index contributed by atoms with van der Waals surface area (Å²) in [6, 6.07) is 87.8. The van der Waals surface area contributed by atoms with Crippen molar-refractivity contribution in [3.8, 4) is 16.8 Å². The first-order valence-electron chi connectivity index (χ1n) is 23.5. The Kier molecular flexibility index (Phi) is 9.42. The molecular formula is C65H46N2. The van der Waals surface area contributed by atoms with Crippen LogP contribution in [0.2, 0.25) is 0 Å². The molecule has 0 unspecified atom stereocenters. The van der Waals surface area contributed by atoms with Gasteiger partial charge in [-0.15, -0.1) is 0 Å². The number of para-hydroxylation sites is 2. The van der Waals surface area contributed by atoms with E-state index in [1.807, 2.05) is 0 Å². The van der Waals surface area contributed by atoms with Gasteiger partial charge in [-0.25, -0.2) is 0 Å². The van der Waals surface area contributed by atoms with Gasteiger partial charge in [-0.05, 0) is 139 Å². The summed E-state index contributed by atoms with van der Waals surface area (Å²) in [4.78, 5) is 2.44. The lowest BCUT2D eigenvalue weighted by molar-refractivity contribution is 0.951. The molecule has 0 spiro atoms. The van der Waals surface area contributed by atoms with Crippen LogP contribution in [0, 0.1) is 0 Å². The molecule has 0 saturated heterocycles. The first kappa shape index (κ1) is 39.0. The van der Waals surface area contributed by atoms with Gasteiger partial charge in [0, 0.05) is 44.8 Å². The van der Waals surface area contributed by atoms with E-state index in [-0.39, 0.29) is 5.92 Å². The van der Waals surface area contributed by atoms with E-state index in [0.29, 0.717) is 0 Å². The van der Waals surface area contributed by atoms with Crippen LogP contribution in [0.15, 0.2) is 243 Å². The quantitative estimate of drug-likeness (QED) is 0.109. The van der Waals surface area contributed by atoms with Gasteiger partial charge in [0.15, 0.2) is 0 Å². The monoisotopic (exact) mass is 854 g/mol. The highest BCUT2D eigenvalue weighted by Gasteiger charge is 2.24. The van der Waals surface area contributed by atoms with Crippen molar-refractivity contribution in [3.05, 3.63) is 270 Å². The van der Waals surface area contributed by atoms with Crippen LogP contribution in [0.1, 0.15) is 40.2 Å². The standard InChI is InChI=1S/C65H46N2/c1-4-20-46(21-5-1)63(50-33-32-44-18-10-12-22-47(44)38-50)52-39-51(41-56(42-52)66(53-24-6-2-7-25-53)55-36-34-45-19-11-13-23-48(45)40-55)49-35-37-62-61(43-49)64-59-30-16-14-28-57(59)58-29-15-17-31-60(58)65(64)67(62)54-26-8-3-9-27-54/h1-9,11-17,19-43,63H,10,18H2/t63-/m0/s1. The maximum atomic E-state index is 2.48. The summed E-state index contributed by atoms with van der Waals surface area (Å²) < 4.78 is 2.48. The van der Waals surface area contributed by atoms with E-state index in [1.165, 1.54) is 93.1 Å². The van der Waals surface area contributed by atoms with Crippen LogP contribution in [0.3, 0.4) is 0 Å². The summed E-state index contributed by atoms with van der Waals surface area (Å²) in [5.74, 6) is -0.0196. The molecule has 1 aliphatic rings. The normalized spacial score (nSPS) is 12.8. The zero-order valence-electron chi connectivity index (χ0n) is 37.1. The fourth-order valence-corrected chi connectivity index (χ4v) is 11.0. The lowest BCUT2D eigenvalue weighted by Gasteiger charge is -2.29. The third-order valence-corrected chi connectivity index (χ3v) is 14.0. The summed E-state index contributed by atoms with van der Waals surface area (Å²) in [5, 5.41) is 10.00. The second-order valence-electron chi connectivity index (χ2n) is 18.0. The van der Waals surface area contributed by atoms with Gasteiger partial charge in [0.2, 0.25) is 0 Å². The molecule has 13 rings (SSSR count). The molecule has 1 aromatic heterocycles. The maximum absolute atomic E-state index is 2.48. The molecule has 0 saturated carbocycles. The van der Waals surface area contributed by atoms with E-state index in [1.54, 1.807) is 0 Å². The van der Waals surface area contributed by atoms with E-state index >= 15 is 0 Å². The number of fused-ring (bicyclic) bond motifs is 10. The molecule has 67 heavy (non-hydrogen) atoms. The Balaban J connectivity index is 1.11. The first-order valence-corrected chi connectivity index (χ1v) is 23.5. The van der Waals surface area contributed by atoms with E-state index < -0.39 is 0 Å². The summed E-state index contributed by atoms with van der Waals surface area (Å²) in [6.45, 7) is 0. The van der Waals surface area contributed by atoms with E-state index in [9.17, 15) is 0 Å². The third kappa shape index (κ3) is 6.72. The van der Waals surface area contributed by atoms with Crippen molar-refractivity contribution >= 4 is 77.3 Å². The number of benzene rings is 11. The number of anilines is 3. The lowest BCUT2D eigenvalue weighted by atomic mass is 9.81. The molecule has 0 bridgehead atoms. The molecule has 1 atom stereocenters. The topological polar surface area (TPSA) is 8.17 Å². The van der Waals surface area contributed by atoms with Crippen LogP contribution in [-0.4, -0.2) is 4.57 Å². The van der Waals surface area contributed by atoms with E-state index in [2.05, 4.69) is 258 Å². The number of aryl methyl sites for hydroxylation is 1. The van der Waals surface area contributed by atoms with Crippen LogP contribution in [0.5, 0.6) is 0 Å². The lowest BCUT2D eigenvalue weighted by Crippen LogP contribution is -2.12. The Hall–Kier alpha value is -8.46. The predicted octanol–water partition coefficient (Wildman–Crippen LogP) is 17.5. The van der Waals surface area contributed by atoms with Gasteiger partial charge in [0.1, 0.15) is 0 Å². The van der Waals surface area contributed by atoms with Gasteiger partial charge in [-0.3, -0.25) is 0 Å². The minimum absolute atomic E-state index is 0.0196. The Labute approximate surface area is 390 Å². The van der Waals surface area contributed by atoms with Crippen molar-refractivity contribution in [2.45, 2.75) is 18.8 Å². The number of nitrogens with zero attached hydrogens (tertiary/aromatic N) is 2. The fraction of sp³-hybridized carbons (Fsp3) is 0.0462. The van der Waals surface area contributed by atoms with Crippen molar-refractivity contribution in [1.82, 2.24) is 4.57 Å². The van der Waals surface area contributed by atoms with Crippen molar-refractivity contribution in [3.63, 3.8) is 0 Å². The van der Waals surface area contributed by atoms with Gasteiger partial charge in [0.05, 0.1) is 11.0 Å². The minimum atomic E-state index is -0.0196. The highest BCUT2D eigenvalue weighted by molar-refractivity contribution is 6.32. The van der Waals surface area contributed by atoms with E-state index in [4.69, 9.17) is 0 Å². The van der Waals surface area contributed by atoms with Gasteiger partial charge in [0.25, 0.3) is 0 Å². The van der Waals surface area contributed by atoms with Gasteiger partial charge in [-0.2, -0.15) is 0 Å². The molecule has 0 radical (unpaired) electrons. The number of rotatable bonds is 8. The molecule has 0 N–H and O–H groups in total. The van der Waals surface area contributed by atoms with Crippen LogP contribution < -0.4 is 4.90 Å². The van der Waals surface area contributed by atoms with Crippen molar-refractivity contribution in [2.24, 2.45) is 0 Å². The summed E-state index contributed by atoms with van der Waals surface area (Å²) in [6.07, 6.45) is 6.80. The highest BCUT2D eigenvalue weighted by Crippen LogP contribution is 2.46. The van der Waals surface area contributed by atoms with Crippen molar-refractivity contribution < 1.29 is 0 Å². The van der Waals surface area contributed by atoms with Crippen LogP contribution in [0.25, 0.3) is 77.0 Å². The molecule has 316 valence electrons. The first-order chi connectivity index (χ1) is 33.2. The van der Waals surface area contributed by atoms with E-state index in [0.717, 1.165) is 35.6 Å². The zero-order chi connectivity index (χ0) is 44.3. The van der Waals surface area contributed by atoms with Crippen LogP contribution in [0.4, 0.5) is 17.1 Å². The highest BCUT2D eigenvalue weighted by atomic mass is 15.1. The minimum Gasteiger partial charge on any atom is -0.310 e. The predicted molar refractivity (Wildman–Crippen MR) is 285 cm³/mol. The van der Waals surface area contributed by atoms with Gasteiger partial charge in [-0.1, -0.05) is 188 Å². The fourth-order valence-electron chi connectivity index (χ4n) is 11.0. The van der Waals surface area contributed by atoms with Crippen molar-refractivity contribution in [1.29, 1.82) is 0 Å². The number of allylic oxidation sites excluding steroid dienone is 1. The smallest absolute Gasteiger partial charge is 0.0625 e. The molecule has 2 heteroatoms. The Bertz CT molecular complexity index is 3860. The van der Waals surface area contributed by atoms with Gasteiger partial charge < -0.3 is 9.47 Å². The molecule has 11 aromatic carbocycles. The summed E-state index contributed by atoms with van der Waals surface area (Å²) in [7, 11) is 0. The van der Waals surface area contributed by atoms with Crippen LogP contribution >= 0.6 is 0 Å². The Morgan fingerprint density at radius 3 is 1.90 bits per heavy atom. The Morgan fingerprint density at radius 2 is 1.09 bits per heavy atom. The molecule has 0 amide bonds. The number of hydrogen-bond acceptors (Lipinski definition) is 1. The number of hydrogen-bond donors (Lipinski definition) is 0. The largest absolute Gasteiger partial charge is 0.310 e. The Morgan fingerprint density at radius 1 is 0.403 bits per heavy atom. The molecule has 2 nitrogen and oxygen atoms in total. The SMILES string of the molecule is C1=Cc2cc([C@H](c3ccccc3)c3cc(-c4ccc5c(c4)c4c6ccccc6c6ccccc6c4n5-c4ccccc4)cc(N(c4ccccc4)c4ccc5ccccc5c4)c3)ccc2CC1. The molecule has 0 fully saturated rings. The molecule has 12 aromatic rings.